The van der Waals surface area contributed by atoms with E-state index in [9.17, 15) is 14.4 Å². The molecule has 0 aliphatic heterocycles. The Morgan fingerprint density at radius 3 is 2.00 bits per heavy atom. The van der Waals surface area contributed by atoms with Gasteiger partial charge in [0.15, 0.2) is 6.10 Å². The van der Waals surface area contributed by atoms with E-state index < -0.39 is 12.1 Å². The molecule has 0 aromatic heterocycles. The van der Waals surface area contributed by atoms with Crippen LogP contribution < -0.4 is 0 Å². The van der Waals surface area contributed by atoms with Crippen LogP contribution in [0.5, 0.6) is 0 Å². The minimum atomic E-state index is -0.811. The summed E-state index contributed by atoms with van der Waals surface area (Å²) >= 11 is 0. The van der Waals surface area contributed by atoms with Crippen LogP contribution in [0.25, 0.3) is 0 Å². The van der Waals surface area contributed by atoms with E-state index in [1.54, 1.807) is 11.9 Å². The van der Waals surface area contributed by atoms with Crippen molar-refractivity contribution in [3.8, 4) is 0 Å². The van der Waals surface area contributed by atoms with Crippen molar-refractivity contribution >= 4 is 17.8 Å². The summed E-state index contributed by atoms with van der Waals surface area (Å²) < 4.78 is 10.3. The smallest absolute Gasteiger partial charge is 0.303 e. The Kier molecular flexibility index (Phi) is 9.53. The lowest BCUT2D eigenvalue weighted by atomic mass is 9.98. The number of carbonyl (C=O) groups is 3. The van der Waals surface area contributed by atoms with Gasteiger partial charge in [-0.15, -0.1) is 0 Å². The number of esters is 2. The van der Waals surface area contributed by atoms with Crippen LogP contribution >= 0.6 is 0 Å². The van der Waals surface area contributed by atoms with Crippen LogP contribution in [0.15, 0.2) is 0 Å². The highest BCUT2D eigenvalue weighted by Crippen LogP contribution is 2.18. The van der Waals surface area contributed by atoms with Gasteiger partial charge < -0.3 is 14.4 Å². The van der Waals surface area contributed by atoms with E-state index in [1.165, 1.54) is 13.8 Å². The second kappa shape index (κ2) is 10.2. The zero-order valence-corrected chi connectivity index (χ0v) is 15.4. The van der Waals surface area contributed by atoms with E-state index in [0.717, 1.165) is 6.42 Å². The molecule has 0 saturated heterocycles. The number of carbonyl (C=O) groups excluding carboxylic acids is 3. The lowest BCUT2D eigenvalue weighted by Gasteiger charge is -2.33. The molecule has 134 valence electrons. The third-order valence-electron chi connectivity index (χ3n) is 3.81. The second-order valence-electron chi connectivity index (χ2n) is 6.45. The predicted molar refractivity (Wildman–Crippen MR) is 87.7 cm³/mol. The fourth-order valence-electron chi connectivity index (χ4n) is 2.28. The summed E-state index contributed by atoms with van der Waals surface area (Å²) in [6.45, 7) is 10.7. The van der Waals surface area contributed by atoms with Crippen molar-refractivity contribution in [2.45, 2.75) is 66.5 Å². The number of ether oxygens (including phenoxy) is 2. The molecule has 1 amide bonds. The van der Waals surface area contributed by atoms with Gasteiger partial charge in [0.05, 0.1) is 6.04 Å². The molecule has 0 unspecified atom stereocenters. The van der Waals surface area contributed by atoms with Crippen LogP contribution in [0.1, 0.15) is 54.4 Å². The van der Waals surface area contributed by atoms with Crippen molar-refractivity contribution in [3.05, 3.63) is 0 Å². The number of amides is 1. The zero-order valence-electron chi connectivity index (χ0n) is 15.4. The van der Waals surface area contributed by atoms with Crippen molar-refractivity contribution in [1.82, 2.24) is 4.90 Å². The summed E-state index contributed by atoms with van der Waals surface area (Å²) in [5.41, 5.74) is 0. The maximum Gasteiger partial charge on any atom is 0.303 e. The first kappa shape index (κ1) is 21.4. The number of likely N-dealkylation sites (N-methyl/N-ethyl adjacent to an activating group) is 1. The summed E-state index contributed by atoms with van der Waals surface area (Å²) in [5, 5.41) is 0. The summed E-state index contributed by atoms with van der Waals surface area (Å²) in [6.07, 6.45) is 0.605. The molecule has 0 radical (unpaired) electrons. The van der Waals surface area contributed by atoms with Gasteiger partial charge in [-0.25, -0.2) is 0 Å². The third kappa shape index (κ3) is 8.00. The van der Waals surface area contributed by atoms with E-state index in [-0.39, 0.29) is 30.4 Å². The number of hydrogen-bond acceptors (Lipinski definition) is 5. The van der Waals surface area contributed by atoms with Crippen LogP contribution in [-0.2, 0) is 23.9 Å². The molecule has 0 aliphatic carbocycles. The first-order valence-corrected chi connectivity index (χ1v) is 8.17. The van der Waals surface area contributed by atoms with E-state index >= 15 is 0 Å². The molecule has 0 rings (SSSR count). The Morgan fingerprint density at radius 2 is 1.61 bits per heavy atom. The van der Waals surface area contributed by atoms with Crippen LogP contribution in [-0.4, -0.2) is 48.5 Å². The zero-order chi connectivity index (χ0) is 18.2. The van der Waals surface area contributed by atoms with Crippen LogP contribution in [0.4, 0.5) is 0 Å². The molecule has 0 aromatic rings. The minimum Gasteiger partial charge on any atom is -0.464 e. The fraction of sp³-hybridized carbons (Fsp3) is 0.824. The molecular formula is C17H31NO5. The Labute approximate surface area is 139 Å². The van der Waals surface area contributed by atoms with Gasteiger partial charge >= 0.3 is 11.9 Å². The first-order chi connectivity index (χ1) is 10.6. The van der Waals surface area contributed by atoms with Crippen molar-refractivity contribution in [3.63, 3.8) is 0 Å². The van der Waals surface area contributed by atoms with Gasteiger partial charge in [0, 0.05) is 26.8 Å². The Morgan fingerprint density at radius 1 is 1.04 bits per heavy atom. The fourth-order valence-corrected chi connectivity index (χ4v) is 2.28. The summed E-state index contributed by atoms with van der Waals surface area (Å²) in [6, 6.07) is -0.242. The molecule has 0 N–H and O–H groups in total. The largest absolute Gasteiger partial charge is 0.464 e. The molecular weight excluding hydrogens is 298 g/mol. The van der Waals surface area contributed by atoms with Crippen molar-refractivity contribution < 1.29 is 23.9 Å². The second-order valence-corrected chi connectivity index (χ2v) is 6.45. The van der Waals surface area contributed by atoms with Crippen LogP contribution in [0.2, 0.25) is 0 Å². The quantitative estimate of drug-likeness (QED) is 0.607. The molecule has 0 fully saturated rings. The standard InChI is InChI=1S/C17H31NO5/c1-8-12(4)16(23-14(6)20)17(21)18(7)15(9-11(2)3)10-22-13(5)19/h11-12,15-16H,8-10H2,1-7H3/t12-,15-,16+/m0/s1. The SMILES string of the molecule is CC[C@H](C)[C@@H](OC(C)=O)C(=O)N(C)[C@H](COC(C)=O)CC(C)C. The van der Waals surface area contributed by atoms with E-state index in [0.29, 0.717) is 12.3 Å². The summed E-state index contributed by atoms with van der Waals surface area (Å²) in [4.78, 5) is 36.7. The van der Waals surface area contributed by atoms with E-state index in [1.807, 2.05) is 27.7 Å². The van der Waals surface area contributed by atoms with Crippen LogP contribution in [0, 0.1) is 11.8 Å². The number of nitrogens with zero attached hydrogens (tertiary/aromatic N) is 1. The highest BCUT2D eigenvalue weighted by molar-refractivity contribution is 5.83. The highest BCUT2D eigenvalue weighted by Gasteiger charge is 2.33. The topological polar surface area (TPSA) is 72.9 Å². The van der Waals surface area contributed by atoms with Gasteiger partial charge in [0.25, 0.3) is 5.91 Å². The normalized spacial score (nSPS) is 14.8. The highest BCUT2D eigenvalue weighted by atomic mass is 16.5. The molecule has 0 aliphatic rings. The maximum atomic E-state index is 12.8. The number of hydrogen-bond donors (Lipinski definition) is 0. The van der Waals surface area contributed by atoms with Gasteiger partial charge in [0.2, 0.25) is 0 Å². The van der Waals surface area contributed by atoms with Gasteiger partial charge in [0.1, 0.15) is 6.61 Å². The van der Waals surface area contributed by atoms with Gasteiger partial charge in [-0.3, -0.25) is 14.4 Å². The molecule has 23 heavy (non-hydrogen) atoms. The first-order valence-electron chi connectivity index (χ1n) is 8.17. The third-order valence-corrected chi connectivity index (χ3v) is 3.81. The predicted octanol–water partition coefficient (Wildman–Crippen LogP) is 2.40. The molecule has 0 saturated carbocycles. The Balaban J connectivity index is 5.16. The molecule has 0 heterocycles. The lowest BCUT2D eigenvalue weighted by Crippen LogP contribution is -2.48. The van der Waals surface area contributed by atoms with Crippen molar-refractivity contribution in [2.24, 2.45) is 11.8 Å². The molecule has 6 heteroatoms. The summed E-state index contributed by atoms with van der Waals surface area (Å²) in [7, 11) is 1.66. The molecule has 3 atom stereocenters. The molecule has 0 aromatic carbocycles. The van der Waals surface area contributed by atoms with Crippen molar-refractivity contribution in [2.75, 3.05) is 13.7 Å². The van der Waals surface area contributed by atoms with Gasteiger partial charge in [-0.05, 0) is 18.8 Å². The van der Waals surface area contributed by atoms with E-state index in [4.69, 9.17) is 9.47 Å². The average molecular weight is 329 g/mol. The summed E-state index contributed by atoms with van der Waals surface area (Å²) in [5.74, 6) is -0.855. The van der Waals surface area contributed by atoms with Crippen molar-refractivity contribution in [1.29, 1.82) is 0 Å². The Bertz CT molecular complexity index is 408. The maximum absolute atomic E-state index is 12.8. The molecule has 0 bridgehead atoms. The number of rotatable bonds is 9. The monoisotopic (exact) mass is 329 g/mol. The average Bonchev–Trinajstić information content (AvgIpc) is 2.46. The lowest BCUT2D eigenvalue weighted by molar-refractivity contribution is -0.163. The molecule has 0 spiro atoms. The molecule has 6 nitrogen and oxygen atoms in total. The van der Waals surface area contributed by atoms with E-state index in [2.05, 4.69) is 0 Å². The van der Waals surface area contributed by atoms with Gasteiger partial charge in [-0.1, -0.05) is 27.7 Å². The van der Waals surface area contributed by atoms with Gasteiger partial charge in [-0.2, -0.15) is 0 Å². The van der Waals surface area contributed by atoms with Crippen LogP contribution in [0.3, 0.4) is 0 Å². The minimum absolute atomic E-state index is 0.0812. The Hall–Kier alpha value is -1.59.